The molecule has 0 bridgehead atoms. The zero-order valence-corrected chi connectivity index (χ0v) is 6.02. The second-order valence-corrected chi connectivity index (χ2v) is 2.32. The van der Waals surface area contributed by atoms with Crippen molar-refractivity contribution in [1.82, 2.24) is 5.32 Å². The van der Waals surface area contributed by atoms with Gasteiger partial charge in [-0.25, -0.2) is 0 Å². The number of carbonyl (C=O) groups excluding carboxylic acids is 1. The van der Waals surface area contributed by atoms with Gasteiger partial charge in [-0.1, -0.05) is 6.58 Å². The van der Waals surface area contributed by atoms with Crippen LogP contribution >= 0.6 is 0 Å². The number of hydrogen-bond acceptors (Lipinski definition) is 3. The largest absolute Gasteiger partial charge is 0.469 e. The predicted octanol–water partition coefficient (Wildman–Crippen LogP) is 0.283. The third-order valence-electron chi connectivity index (χ3n) is 1.69. The maximum absolute atomic E-state index is 10.9. The maximum atomic E-state index is 10.9. The Balaban J connectivity index is 2.55. The molecule has 56 valence electrons. The number of ether oxygens (including phenoxy) is 1. The van der Waals surface area contributed by atoms with Crippen molar-refractivity contribution in [2.24, 2.45) is 5.92 Å². The van der Waals surface area contributed by atoms with E-state index in [1.807, 2.05) is 0 Å². The van der Waals surface area contributed by atoms with Crippen molar-refractivity contribution < 1.29 is 9.53 Å². The van der Waals surface area contributed by atoms with Gasteiger partial charge in [0.15, 0.2) is 0 Å². The smallest absolute Gasteiger partial charge is 0.314 e. The summed E-state index contributed by atoms with van der Waals surface area (Å²) in [4.78, 5) is 10.9. The zero-order chi connectivity index (χ0) is 7.56. The Labute approximate surface area is 60.1 Å². The molecule has 1 aliphatic heterocycles. The summed E-state index contributed by atoms with van der Waals surface area (Å²) in [5.41, 5.74) is 0.784. The Hall–Kier alpha value is -0.990. The second-order valence-electron chi connectivity index (χ2n) is 2.32. The van der Waals surface area contributed by atoms with Crippen molar-refractivity contribution in [3.8, 4) is 0 Å². The fourth-order valence-corrected chi connectivity index (χ4v) is 1.08. The number of rotatable bonds is 1. The van der Waals surface area contributed by atoms with Gasteiger partial charge in [0.1, 0.15) is 0 Å². The van der Waals surface area contributed by atoms with Crippen LogP contribution in [0.4, 0.5) is 0 Å². The van der Waals surface area contributed by atoms with Gasteiger partial charge in [-0.15, -0.1) is 0 Å². The molecule has 0 aromatic rings. The minimum atomic E-state index is -0.185. The molecule has 1 heterocycles. The van der Waals surface area contributed by atoms with Gasteiger partial charge in [-0.05, 0) is 6.42 Å². The van der Waals surface area contributed by atoms with Gasteiger partial charge >= 0.3 is 5.97 Å². The summed E-state index contributed by atoms with van der Waals surface area (Å²) in [6, 6.07) is 0. The molecule has 1 fully saturated rings. The molecule has 1 atom stereocenters. The Bertz CT molecular complexity index is 165. The Morgan fingerprint density at radius 1 is 1.90 bits per heavy atom. The molecule has 3 heteroatoms. The van der Waals surface area contributed by atoms with Crippen LogP contribution in [0.3, 0.4) is 0 Å². The molecule has 1 unspecified atom stereocenters. The lowest BCUT2D eigenvalue weighted by molar-refractivity contribution is -0.143. The van der Waals surface area contributed by atoms with E-state index in [9.17, 15) is 4.79 Å². The third kappa shape index (κ3) is 1.12. The average Bonchev–Trinajstić information content (AvgIpc) is 2.34. The SMILES string of the molecule is C=C1NCCC1C(=O)OC. The number of carbonyl (C=O) groups is 1. The molecule has 1 aliphatic rings. The molecule has 0 amide bonds. The first-order chi connectivity index (χ1) is 4.75. The molecule has 0 radical (unpaired) electrons. The lowest BCUT2D eigenvalue weighted by Gasteiger charge is -2.05. The van der Waals surface area contributed by atoms with E-state index in [2.05, 4.69) is 16.6 Å². The lowest BCUT2D eigenvalue weighted by atomic mass is 10.1. The van der Waals surface area contributed by atoms with Crippen LogP contribution in [0.2, 0.25) is 0 Å². The fourth-order valence-electron chi connectivity index (χ4n) is 1.08. The van der Waals surface area contributed by atoms with Crippen LogP contribution in [0.5, 0.6) is 0 Å². The van der Waals surface area contributed by atoms with E-state index in [1.54, 1.807) is 0 Å². The summed E-state index contributed by atoms with van der Waals surface area (Å²) in [6.45, 7) is 4.52. The summed E-state index contributed by atoms with van der Waals surface area (Å²) >= 11 is 0. The molecule has 0 aliphatic carbocycles. The van der Waals surface area contributed by atoms with E-state index in [0.29, 0.717) is 0 Å². The monoisotopic (exact) mass is 141 g/mol. The van der Waals surface area contributed by atoms with E-state index in [-0.39, 0.29) is 11.9 Å². The molecule has 0 spiro atoms. The molecule has 3 nitrogen and oxygen atoms in total. The van der Waals surface area contributed by atoms with Crippen LogP contribution in [0.25, 0.3) is 0 Å². The Morgan fingerprint density at radius 2 is 2.60 bits per heavy atom. The quantitative estimate of drug-likeness (QED) is 0.533. The van der Waals surface area contributed by atoms with Gasteiger partial charge in [-0.2, -0.15) is 0 Å². The molecular formula is C7H11NO2. The van der Waals surface area contributed by atoms with Crippen LogP contribution in [0.15, 0.2) is 12.3 Å². The first-order valence-electron chi connectivity index (χ1n) is 3.26. The zero-order valence-electron chi connectivity index (χ0n) is 6.02. The topological polar surface area (TPSA) is 38.3 Å². The first kappa shape index (κ1) is 7.12. The number of esters is 1. The average molecular weight is 141 g/mol. The van der Waals surface area contributed by atoms with Crippen molar-refractivity contribution in [2.45, 2.75) is 6.42 Å². The normalized spacial score (nSPS) is 24.1. The Kier molecular flexibility index (Phi) is 1.94. The van der Waals surface area contributed by atoms with Gasteiger partial charge in [0.05, 0.1) is 13.0 Å². The summed E-state index contributed by atoms with van der Waals surface area (Å²) in [5.74, 6) is -0.306. The standard InChI is InChI=1S/C7H11NO2/c1-5-6(3-4-8-5)7(9)10-2/h6,8H,1,3-4H2,2H3. The molecule has 0 saturated carbocycles. The van der Waals surface area contributed by atoms with Gasteiger partial charge in [0.25, 0.3) is 0 Å². The highest BCUT2D eigenvalue weighted by atomic mass is 16.5. The lowest BCUT2D eigenvalue weighted by Crippen LogP contribution is -2.16. The van der Waals surface area contributed by atoms with E-state index in [0.717, 1.165) is 18.7 Å². The van der Waals surface area contributed by atoms with Crippen molar-refractivity contribution >= 4 is 5.97 Å². The van der Waals surface area contributed by atoms with Crippen LogP contribution in [0.1, 0.15) is 6.42 Å². The molecule has 10 heavy (non-hydrogen) atoms. The third-order valence-corrected chi connectivity index (χ3v) is 1.69. The van der Waals surface area contributed by atoms with Crippen LogP contribution in [-0.4, -0.2) is 19.6 Å². The van der Waals surface area contributed by atoms with E-state index in [1.165, 1.54) is 7.11 Å². The van der Waals surface area contributed by atoms with Crippen molar-refractivity contribution in [2.75, 3.05) is 13.7 Å². The van der Waals surface area contributed by atoms with Crippen molar-refractivity contribution in [3.05, 3.63) is 12.3 Å². The fraction of sp³-hybridized carbons (Fsp3) is 0.571. The van der Waals surface area contributed by atoms with E-state index in [4.69, 9.17) is 0 Å². The minimum Gasteiger partial charge on any atom is -0.469 e. The van der Waals surface area contributed by atoms with Gasteiger partial charge in [0, 0.05) is 12.2 Å². The molecule has 0 aromatic carbocycles. The number of hydrogen-bond donors (Lipinski definition) is 1. The predicted molar refractivity (Wildman–Crippen MR) is 37.3 cm³/mol. The first-order valence-corrected chi connectivity index (χ1v) is 3.26. The maximum Gasteiger partial charge on any atom is 0.314 e. The summed E-state index contributed by atoms with van der Waals surface area (Å²) in [5, 5.41) is 2.99. The second kappa shape index (κ2) is 2.73. The highest BCUT2D eigenvalue weighted by molar-refractivity contribution is 5.75. The molecule has 1 saturated heterocycles. The number of nitrogens with one attached hydrogen (secondary N) is 1. The Morgan fingerprint density at radius 3 is 3.00 bits per heavy atom. The molecule has 1 N–H and O–H groups in total. The summed E-state index contributed by atoms with van der Waals surface area (Å²) in [7, 11) is 1.40. The van der Waals surface area contributed by atoms with Gasteiger partial charge in [-0.3, -0.25) is 4.79 Å². The van der Waals surface area contributed by atoms with Gasteiger partial charge < -0.3 is 10.1 Å². The van der Waals surface area contributed by atoms with Crippen molar-refractivity contribution in [3.63, 3.8) is 0 Å². The van der Waals surface area contributed by atoms with Crippen LogP contribution in [0, 0.1) is 5.92 Å². The molecule has 0 aromatic heterocycles. The van der Waals surface area contributed by atoms with E-state index < -0.39 is 0 Å². The van der Waals surface area contributed by atoms with Crippen LogP contribution < -0.4 is 5.32 Å². The highest BCUT2D eigenvalue weighted by Crippen LogP contribution is 2.17. The minimum absolute atomic E-state index is 0.120. The summed E-state index contributed by atoms with van der Waals surface area (Å²) in [6.07, 6.45) is 0.811. The summed E-state index contributed by atoms with van der Waals surface area (Å²) < 4.78 is 4.56. The van der Waals surface area contributed by atoms with Crippen molar-refractivity contribution in [1.29, 1.82) is 0 Å². The molecular weight excluding hydrogens is 130 g/mol. The highest BCUT2D eigenvalue weighted by Gasteiger charge is 2.26. The number of methoxy groups -OCH3 is 1. The van der Waals surface area contributed by atoms with Crippen LogP contribution in [-0.2, 0) is 9.53 Å². The van der Waals surface area contributed by atoms with E-state index >= 15 is 0 Å². The van der Waals surface area contributed by atoms with Gasteiger partial charge in [0.2, 0.25) is 0 Å². The molecule has 1 rings (SSSR count).